The second-order valence-electron chi connectivity index (χ2n) is 4.43. The van der Waals surface area contributed by atoms with E-state index in [9.17, 15) is 5.11 Å². The van der Waals surface area contributed by atoms with Crippen LogP contribution in [0.5, 0.6) is 0 Å². The van der Waals surface area contributed by atoms with Gasteiger partial charge in [0, 0.05) is 5.41 Å². The van der Waals surface area contributed by atoms with E-state index in [2.05, 4.69) is 10.1 Å². The standard InChI is InChI=1S/C12H15N3O/c1-12(2,7-16)10-3-5-11(6-4-10)15-9-13-8-14-15/h3-6,8-9,16H,7H2,1-2H3. The minimum Gasteiger partial charge on any atom is -0.395 e. The predicted molar refractivity (Wildman–Crippen MR) is 61.5 cm³/mol. The van der Waals surface area contributed by atoms with Crippen LogP contribution >= 0.6 is 0 Å². The minimum absolute atomic E-state index is 0.135. The number of rotatable bonds is 3. The van der Waals surface area contributed by atoms with E-state index in [-0.39, 0.29) is 12.0 Å². The van der Waals surface area contributed by atoms with Gasteiger partial charge in [0.25, 0.3) is 0 Å². The molecule has 0 spiro atoms. The van der Waals surface area contributed by atoms with Gasteiger partial charge in [-0.2, -0.15) is 5.10 Å². The molecule has 4 heteroatoms. The Morgan fingerprint density at radius 1 is 1.25 bits per heavy atom. The molecule has 0 saturated heterocycles. The van der Waals surface area contributed by atoms with Crippen molar-refractivity contribution in [3.8, 4) is 5.69 Å². The summed E-state index contributed by atoms with van der Waals surface area (Å²) < 4.78 is 1.70. The summed E-state index contributed by atoms with van der Waals surface area (Å²) in [6.45, 7) is 4.16. The maximum absolute atomic E-state index is 9.27. The lowest BCUT2D eigenvalue weighted by Gasteiger charge is -2.22. The lowest BCUT2D eigenvalue weighted by Crippen LogP contribution is -2.21. The van der Waals surface area contributed by atoms with Gasteiger partial charge < -0.3 is 5.11 Å². The van der Waals surface area contributed by atoms with Crippen LogP contribution in [-0.2, 0) is 5.41 Å². The molecule has 0 atom stereocenters. The summed E-state index contributed by atoms with van der Waals surface area (Å²) in [4.78, 5) is 3.90. The Balaban J connectivity index is 2.30. The predicted octanol–water partition coefficient (Wildman–Crippen LogP) is 1.54. The molecule has 0 amide bonds. The Kier molecular flexibility index (Phi) is 2.75. The molecule has 2 rings (SSSR count). The lowest BCUT2D eigenvalue weighted by molar-refractivity contribution is 0.218. The highest BCUT2D eigenvalue weighted by Gasteiger charge is 2.18. The van der Waals surface area contributed by atoms with E-state index in [1.807, 2.05) is 38.1 Å². The first-order valence-corrected chi connectivity index (χ1v) is 5.20. The van der Waals surface area contributed by atoms with Crippen molar-refractivity contribution in [2.75, 3.05) is 6.61 Å². The van der Waals surface area contributed by atoms with Crippen LogP contribution in [-0.4, -0.2) is 26.5 Å². The van der Waals surface area contributed by atoms with Gasteiger partial charge >= 0.3 is 0 Å². The second kappa shape index (κ2) is 4.06. The fraction of sp³-hybridized carbons (Fsp3) is 0.333. The van der Waals surface area contributed by atoms with Crippen LogP contribution in [0.25, 0.3) is 5.69 Å². The Morgan fingerprint density at radius 3 is 2.44 bits per heavy atom. The topological polar surface area (TPSA) is 50.9 Å². The average Bonchev–Trinajstić information content (AvgIpc) is 2.83. The highest BCUT2D eigenvalue weighted by atomic mass is 16.3. The first-order chi connectivity index (χ1) is 7.63. The van der Waals surface area contributed by atoms with E-state index < -0.39 is 0 Å². The number of hydrogen-bond donors (Lipinski definition) is 1. The van der Waals surface area contributed by atoms with Gasteiger partial charge in [0.15, 0.2) is 0 Å². The fourth-order valence-corrected chi connectivity index (χ4v) is 1.50. The molecule has 4 nitrogen and oxygen atoms in total. The highest BCUT2D eigenvalue weighted by molar-refractivity contribution is 5.36. The Hall–Kier alpha value is -1.68. The summed E-state index contributed by atoms with van der Waals surface area (Å²) in [6.07, 6.45) is 3.16. The average molecular weight is 217 g/mol. The van der Waals surface area contributed by atoms with Crippen LogP contribution in [0.1, 0.15) is 19.4 Å². The van der Waals surface area contributed by atoms with E-state index in [1.54, 1.807) is 11.0 Å². The molecule has 1 N–H and O–H groups in total. The van der Waals surface area contributed by atoms with Crippen LogP contribution in [0.15, 0.2) is 36.9 Å². The molecule has 1 aromatic heterocycles. The quantitative estimate of drug-likeness (QED) is 0.848. The van der Waals surface area contributed by atoms with Crippen molar-refractivity contribution in [1.29, 1.82) is 0 Å². The van der Waals surface area contributed by atoms with Crippen molar-refractivity contribution in [3.63, 3.8) is 0 Å². The molecule has 0 fully saturated rings. The van der Waals surface area contributed by atoms with Gasteiger partial charge in [0.05, 0.1) is 12.3 Å². The first-order valence-electron chi connectivity index (χ1n) is 5.20. The van der Waals surface area contributed by atoms with Crippen molar-refractivity contribution in [1.82, 2.24) is 14.8 Å². The number of aliphatic hydroxyl groups excluding tert-OH is 1. The molecule has 0 bridgehead atoms. The molecule has 0 aliphatic rings. The third kappa shape index (κ3) is 1.97. The number of aliphatic hydroxyl groups is 1. The molecule has 0 aliphatic heterocycles. The summed E-state index contributed by atoms with van der Waals surface area (Å²) in [5.74, 6) is 0. The Bertz CT molecular complexity index is 446. The van der Waals surface area contributed by atoms with Crippen LogP contribution < -0.4 is 0 Å². The zero-order chi connectivity index (χ0) is 11.6. The largest absolute Gasteiger partial charge is 0.395 e. The summed E-state index contributed by atoms with van der Waals surface area (Å²) in [5, 5.41) is 13.3. The molecule has 0 aliphatic carbocycles. The van der Waals surface area contributed by atoms with Crippen molar-refractivity contribution in [2.45, 2.75) is 19.3 Å². The highest BCUT2D eigenvalue weighted by Crippen LogP contribution is 2.23. The van der Waals surface area contributed by atoms with Crippen molar-refractivity contribution in [3.05, 3.63) is 42.5 Å². The molecule has 1 aromatic carbocycles. The van der Waals surface area contributed by atoms with Crippen LogP contribution in [0.3, 0.4) is 0 Å². The van der Waals surface area contributed by atoms with Crippen LogP contribution in [0, 0.1) is 0 Å². The fourth-order valence-electron chi connectivity index (χ4n) is 1.50. The SMILES string of the molecule is CC(C)(CO)c1ccc(-n2cncn2)cc1. The van der Waals surface area contributed by atoms with Crippen molar-refractivity contribution >= 4 is 0 Å². The van der Waals surface area contributed by atoms with E-state index in [4.69, 9.17) is 0 Å². The van der Waals surface area contributed by atoms with Crippen LogP contribution in [0.2, 0.25) is 0 Å². The molecule has 0 saturated carbocycles. The first kappa shape index (κ1) is 10.8. The third-order valence-corrected chi connectivity index (χ3v) is 2.73. The molecule has 84 valence electrons. The molecule has 0 radical (unpaired) electrons. The Morgan fingerprint density at radius 2 is 1.94 bits per heavy atom. The van der Waals surface area contributed by atoms with Gasteiger partial charge in [-0.25, -0.2) is 9.67 Å². The zero-order valence-electron chi connectivity index (χ0n) is 9.46. The van der Waals surface area contributed by atoms with Gasteiger partial charge in [0.1, 0.15) is 12.7 Å². The third-order valence-electron chi connectivity index (χ3n) is 2.73. The van der Waals surface area contributed by atoms with Gasteiger partial charge in [0.2, 0.25) is 0 Å². The summed E-state index contributed by atoms with van der Waals surface area (Å²) >= 11 is 0. The van der Waals surface area contributed by atoms with Gasteiger partial charge in [-0.15, -0.1) is 0 Å². The Labute approximate surface area is 94.6 Å². The van der Waals surface area contributed by atoms with Crippen LogP contribution in [0.4, 0.5) is 0 Å². The lowest BCUT2D eigenvalue weighted by atomic mass is 9.86. The van der Waals surface area contributed by atoms with Gasteiger partial charge in [-0.3, -0.25) is 0 Å². The minimum atomic E-state index is -0.207. The second-order valence-corrected chi connectivity index (χ2v) is 4.43. The maximum Gasteiger partial charge on any atom is 0.138 e. The van der Waals surface area contributed by atoms with Crippen molar-refractivity contribution < 1.29 is 5.11 Å². The maximum atomic E-state index is 9.27. The summed E-state index contributed by atoms with van der Waals surface area (Å²) in [6, 6.07) is 7.96. The van der Waals surface area contributed by atoms with E-state index in [0.29, 0.717) is 0 Å². The van der Waals surface area contributed by atoms with E-state index in [0.717, 1.165) is 11.3 Å². The van der Waals surface area contributed by atoms with Crippen molar-refractivity contribution in [2.24, 2.45) is 0 Å². The number of aromatic nitrogens is 3. The monoisotopic (exact) mass is 217 g/mol. The normalized spacial score (nSPS) is 11.7. The summed E-state index contributed by atoms with van der Waals surface area (Å²) in [5.41, 5.74) is 1.87. The number of benzene rings is 1. The zero-order valence-corrected chi connectivity index (χ0v) is 9.46. The molecular formula is C12H15N3O. The van der Waals surface area contributed by atoms with E-state index >= 15 is 0 Å². The smallest absolute Gasteiger partial charge is 0.138 e. The summed E-state index contributed by atoms with van der Waals surface area (Å²) in [7, 11) is 0. The molecule has 1 heterocycles. The molecule has 2 aromatic rings. The van der Waals surface area contributed by atoms with E-state index in [1.165, 1.54) is 6.33 Å². The number of nitrogens with zero attached hydrogens (tertiary/aromatic N) is 3. The molecule has 0 unspecified atom stereocenters. The van der Waals surface area contributed by atoms with Gasteiger partial charge in [-0.05, 0) is 17.7 Å². The molecule has 16 heavy (non-hydrogen) atoms. The van der Waals surface area contributed by atoms with Gasteiger partial charge in [-0.1, -0.05) is 26.0 Å². The molecular weight excluding hydrogens is 202 g/mol. The number of hydrogen-bond acceptors (Lipinski definition) is 3.